The summed E-state index contributed by atoms with van der Waals surface area (Å²) in [5, 5.41) is 30.2. The fraction of sp³-hybridized carbons (Fsp3) is 0.889. The van der Waals surface area contributed by atoms with Crippen LogP contribution in [0.3, 0.4) is 0 Å². The van der Waals surface area contributed by atoms with E-state index in [2.05, 4.69) is 44.1 Å². The summed E-state index contributed by atoms with van der Waals surface area (Å²) in [6.45, 7) is 6.19. The van der Waals surface area contributed by atoms with Crippen LogP contribution in [-0.4, -0.2) is 122 Å². The quantitative estimate of drug-likeness (QED) is 0.0252. The van der Waals surface area contributed by atoms with Crippen LogP contribution >= 0.6 is 0 Å². The molecule has 0 aliphatic carbocycles. The molecule has 0 aliphatic rings. The van der Waals surface area contributed by atoms with E-state index in [9.17, 15) is 43.5 Å². The molecule has 16 N–H and O–H groups in total. The second-order valence-electron chi connectivity index (χ2n) is 26.2. The molecule has 0 bridgehead atoms. The Balaban J connectivity index is 4.20. The molecule has 4 atom stereocenters. The Bertz CT molecular complexity index is 1820. The Morgan fingerprint density at radius 1 is 0.261 bits per heavy atom. The fourth-order valence-electron chi connectivity index (χ4n) is 11.6. The summed E-state index contributed by atoms with van der Waals surface area (Å²) in [5.74, 6) is -1.74. The van der Waals surface area contributed by atoms with Gasteiger partial charge in [-0.3, -0.25) is 33.6 Å². The Morgan fingerprint density at radius 2 is 0.457 bits per heavy atom. The van der Waals surface area contributed by atoms with Gasteiger partial charge >= 0.3 is 5.97 Å². The summed E-state index contributed by atoms with van der Waals surface area (Å²) >= 11 is 0. The topological polar surface area (TPSA) is 345 Å². The van der Waals surface area contributed by atoms with Gasteiger partial charge in [0.25, 0.3) is 0 Å². The summed E-state index contributed by atoms with van der Waals surface area (Å²) in [4.78, 5) is 102. The van der Waals surface area contributed by atoms with Gasteiger partial charge in [-0.15, -0.1) is 0 Å². The molecule has 4 unspecified atom stereocenters. The molecule has 7 amide bonds. The highest BCUT2D eigenvalue weighted by atomic mass is 16.4. The summed E-state index contributed by atoms with van der Waals surface area (Å²) in [5.41, 5.74) is 22.7. The molecule has 92 heavy (non-hydrogen) atoms. The monoisotopic (exact) mass is 1300 g/mol. The molecule has 0 saturated carbocycles. The van der Waals surface area contributed by atoms with Crippen molar-refractivity contribution in [3.05, 3.63) is 0 Å². The number of carboxylic acids is 1. The summed E-state index contributed by atoms with van der Waals surface area (Å²) < 4.78 is 0. The molecular weight excluding hydrogens is 1160 g/mol. The molecule has 538 valence electrons. The number of rotatable bonds is 70. The van der Waals surface area contributed by atoms with Gasteiger partial charge in [-0.2, -0.15) is 0 Å². The predicted molar refractivity (Wildman–Crippen MR) is 376 cm³/mol. The number of nitrogens with one attached hydrogen (secondary N) is 7. The molecule has 0 radical (unpaired) electrons. The first-order valence-corrected chi connectivity index (χ1v) is 37.9. The highest BCUT2D eigenvalue weighted by Crippen LogP contribution is 2.16. The molecule has 0 aromatic rings. The molecule has 0 spiro atoms. The van der Waals surface area contributed by atoms with Gasteiger partial charge in [-0.1, -0.05) is 193 Å². The van der Waals surface area contributed by atoms with Gasteiger partial charge in [0.2, 0.25) is 41.4 Å². The van der Waals surface area contributed by atoms with E-state index in [1.165, 1.54) is 38.5 Å². The first-order valence-electron chi connectivity index (χ1n) is 37.9. The molecule has 0 rings (SSSR count). The van der Waals surface area contributed by atoms with E-state index < -0.39 is 30.1 Å². The normalized spacial score (nSPS) is 12.6. The van der Waals surface area contributed by atoms with Gasteiger partial charge in [0.05, 0.1) is 0 Å². The Kier molecular flexibility index (Phi) is 63.4. The van der Waals surface area contributed by atoms with Gasteiger partial charge in [0, 0.05) is 45.3 Å². The van der Waals surface area contributed by atoms with Crippen molar-refractivity contribution in [2.45, 2.75) is 365 Å². The lowest BCUT2D eigenvalue weighted by Gasteiger charge is -2.18. The van der Waals surface area contributed by atoms with Crippen LogP contribution in [0.25, 0.3) is 0 Å². The van der Waals surface area contributed by atoms with E-state index in [1.807, 2.05) is 0 Å². The van der Waals surface area contributed by atoms with Gasteiger partial charge in [-0.05, 0) is 148 Å². The van der Waals surface area contributed by atoms with Crippen LogP contribution in [0.2, 0.25) is 0 Å². The Hall–Kier alpha value is -4.40. The first-order chi connectivity index (χ1) is 44.8. The van der Waals surface area contributed by atoms with Crippen LogP contribution in [0.4, 0.5) is 0 Å². The Labute approximate surface area is 559 Å². The molecule has 0 aliphatic heterocycles. The number of unbranched alkanes of at least 4 members (excludes halogenated alkanes) is 36. The number of nitrogens with two attached hydrogens (primary N) is 4. The van der Waals surface area contributed by atoms with E-state index in [4.69, 9.17) is 22.9 Å². The zero-order valence-electron chi connectivity index (χ0n) is 58.6. The van der Waals surface area contributed by atoms with E-state index in [0.717, 1.165) is 238 Å². The van der Waals surface area contributed by atoms with E-state index in [1.54, 1.807) is 0 Å². The SMILES string of the molecule is CCCCCCCCCCCC(=O)NC(CCCCN)C(=O)NCCCCCCCCCCCC(=O)NC(CCCCN)C(=O)NCCCCCCCCCCCC(=O)NC(CCCCN)C(=O)NCCCCCCCCCCCC(=O)NC(CCCCN)C(=O)O. The molecule has 0 fully saturated rings. The van der Waals surface area contributed by atoms with Crippen molar-refractivity contribution < 1.29 is 43.5 Å². The summed E-state index contributed by atoms with van der Waals surface area (Å²) in [7, 11) is 0. The first kappa shape index (κ1) is 87.6. The van der Waals surface area contributed by atoms with Crippen molar-refractivity contribution in [3.63, 3.8) is 0 Å². The molecule has 20 nitrogen and oxygen atoms in total. The highest BCUT2D eigenvalue weighted by molar-refractivity contribution is 5.89. The van der Waals surface area contributed by atoms with Crippen molar-refractivity contribution >= 4 is 47.3 Å². The minimum absolute atomic E-state index is 0.0331. The standard InChI is InChI=1S/C72H141N11O9/c1-2-3-4-5-6-10-17-24-31-50-65(84)80-61(46-35-39-54-73)69(88)77-58-43-28-21-14-7-11-18-25-32-51-66(85)81-62(47-36-40-55-74)70(89)78-59-44-29-22-15-8-12-19-26-33-52-67(86)82-63(48-37-41-56-75)71(90)79-60-45-30-23-16-9-13-20-27-34-53-68(87)83-64(72(91)92)49-38-42-57-76/h61-64H,2-60,73-76H2,1H3,(H,77,88)(H,78,89)(H,79,90)(H,80,84)(H,81,85)(H,82,86)(H,83,87)(H,91,92). The zero-order valence-corrected chi connectivity index (χ0v) is 58.6. The van der Waals surface area contributed by atoms with Crippen LogP contribution in [-0.2, 0) is 38.4 Å². The van der Waals surface area contributed by atoms with Crippen LogP contribution in [0.15, 0.2) is 0 Å². The van der Waals surface area contributed by atoms with E-state index >= 15 is 0 Å². The number of hydrogen-bond donors (Lipinski definition) is 12. The largest absolute Gasteiger partial charge is 0.480 e. The van der Waals surface area contributed by atoms with Gasteiger partial charge in [0.15, 0.2) is 0 Å². The van der Waals surface area contributed by atoms with Crippen LogP contribution < -0.4 is 60.2 Å². The number of hydrogen-bond acceptors (Lipinski definition) is 12. The second kappa shape index (κ2) is 66.6. The maximum atomic E-state index is 13.2. The van der Waals surface area contributed by atoms with Crippen molar-refractivity contribution in [2.24, 2.45) is 22.9 Å². The minimum Gasteiger partial charge on any atom is -0.480 e. The van der Waals surface area contributed by atoms with E-state index in [-0.39, 0.29) is 41.4 Å². The van der Waals surface area contributed by atoms with Crippen LogP contribution in [0, 0.1) is 0 Å². The molecule has 0 aromatic carbocycles. The molecule has 0 aromatic heterocycles. The smallest absolute Gasteiger partial charge is 0.326 e. The minimum atomic E-state index is -1.00. The third-order valence-electron chi connectivity index (χ3n) is 17.5. The highest BCUT2D eigenvalue weighted by Gasteiger charge is 2.23. The molecule has 0 heterocycles. The van der Waals surface area contributed by atoms with Gasteiger partial charge < -0.3 is 65.3 Å². The van der Waals surface area contributed by atoms with Crippen LogP contribution in [0.5, 0.6) is 0 Å². The summed E-state index contributed by atoms with van der Waals surface area (Å²) in [6, 6.07) is -2.45. The summed E-state index contributed by atoms with van der Waals surface area (Å²) in [6.07, 6.45) is 48.3. The number of carbonyl (C=O) groups is 8. The van der Waals surface area contributed by atoms with Crippen molar-refractivity contribution in [1.29, 1.82) is 0 Å². The number of amides is 7. The van der Waals surface area contributed by atoms with Crippen molar-refractivity contribution in [1.82, 2.24) is 37.2 Å². The predicted octanol–water partition coefficient (Wildman–Crippen LogP) is 11.5. The Morgan fingerprint density at radius 3 is 0.674 bits per heavy atom. The lowest BCUT2D eigenvalue weighted by Crippen LogP contribution is -2.47. The number of carbonyl (C=O) groups excluding carboxylic acids is 7. The third kappa shape index (κ3) is 57.1. The third-order valence-corrected chi connectivity index (χ3v) is 17.5. The molecule has 20 heteroatoms. The second-order valence-corrected chi connectivity index (χ2v) is 26.2. The number of carboxylic acid groups (broad SMARTS) is 1. The lowest BCUT2D eigenvalue weighted by atomic mass is 10.0. The molecular formula is C72H141N11O9. The van der Waals surface area contributed by atoms with Gasteiger partial charge in [-0.25, -0.2) is 4.79 Å². The maximum absolute atomic E-state index is 13.2. The average Bonchev–Trinajstić information content (AvgIpc) is 3.75. The maximum Gasteiger partial charge on any atom is 0.326 e. The van der Waals surface area contributed by atoms with Gasteiger partial charge in [0.1, 0.15) is 24.2 Å². The van der Waals surface area contributed by atoms with Crippen molar-refractivity contribution in [2.75, 3.05) is 45.8 Å². The fourth-order valence-corrected chi connectivity index (χ4v) is 11.6. The average molecular weight is 1300 g/mol. The zero-order chi connectivity index (χ0) is 67.6. The van der Waals surface area contributed by atoms with E-state index in [0.29, 0.717) is 104 Å². The van der Waals surface area contributed by atoms with Crippen LogP contribution in [0.1, 0.15) is 341 Å². The van der Waals surface area contributed by atoms with Crippen molar-refractivity contribution in [3.8, 4) is 0 Å². The number of aliphatic carboxylic acids is 1. The molecule has 0 saturated heterocycles. The lowest BCUT2D eigenvalue weighted by molar-refractivity contribution is -0.142.